The molecule has 3 aromatic rings. The van der Waals surface area contributed by atoms with E-state index < -0.39 is 16.0 Å². The normalized spacial score (nSPS) is 11.5. The third-order valence-corrected chi connectivity index (χ3v) is 6.95. The number of anilines is 1. The second-order valence-electron chi connectivity index (χ2n) is 6.89. The molecule has 0 fully saturated rings. The molecular formula is C24H17Cl2IN2O5S. The van der Waals surface area contributed by atoms with Crippen LogP contribution in [-0.4, -0.2) is 20.9 Å². The number of nitrogens with one attached hydrogen (secondary N) is 1. The molecule has 0 heterocycles. The molecule has 0 aliphatic rings. The fourth-order valence-corrected chi connectivity index (χ4v) is 4.91. The van der Waals surface area contributed by atoms with Gasteiger partial charge >= 0.3 is 10.1 Å². The largest absolute Gasteiger partial charge is 0.490 e. The number of amides is 1. The Hall–Kier alpha value is -2.78. The molecule has 0 bridgehead atoms. The Labute approximate surface area is 226 Å². The van der Waals surface area contributed by atoms with Gasteiger partial charge in [-0.1, -0.05) is 23.2 Å². The van der Waals surface area contributed by atoms with Crippen LogP contribution in [0, 0.1) is 14.9 Å². The SMILES string of the molecule is CCOc1cc(/C=C(\C#N)C(=O)Nc2ccc(Cl)cc2)cc(I)c1OS(=O)(=O)c1ccc(Cl)cc1. The quantitative estimate of drug-likeness (QED) is 0.134. The van der Waals surface area contributed by atoms with E-state index in [4.69, 9.17) is 32.1 Å². The first-order valence-electron chi connectivity index (χ1n) is 9.98. The van der Waals surface area contributed by atoms with Gasteiger partial charge in [-0.05, 0) is 102 Å². The lowest BCUT2D eigenvalue weighted by Gasteiger charge is -2.15. The molecule has 7 nitrogen and oxygen atoms in total. The van der Waals surface area contributed by atoms with Crippen molar-refractivity contribution >= 4 is 73.6 Å². The highest BCUT2D eigenvalue weighted by atomic mass is 127. The molecule has 3 rings (SSSR count). The Morgan fingerprint density at radius 2 is 1.69 bits per heavy atom. The molecule has 1 amide bonds. The number of rotatable bonds is 8. The second-order valence-corrected chi connectivity index (χ2v) is 10.5. The van der Waals surface area contributed by atoms with Crippen molar-refractivity contribution in [3.8, 4) is 17.6 Å². The predicted octanol–water partition coefficient (Wildman–Crippen LogP) is 6.31. The Kier molecular flexibility index (Phi) is 9.02. The van der Waals surface area contributed by atoms with E-state index in [0.717, 1.165) is 0 Å². The number of carbonyl (C=O) groups excluding carboxylic acids is 1. The number of carbonyl (C=O) groups is 1. The van der Waals surface area contributed by atoms with Crippen molar-refractivity contribution in [3.05, 3.63) is 85.4 Å². The van der Waals surface area contributed by atoms with Gasteiger partial charge in [0.15, 0.2) is 11.5 Å². The minimum atomic E-state index is -4.17. The van der Waals surface area contributed by atoms with Gasteiger partial charge in [0.1, 0.15) is 16.5 Å². The van der Waals surface area contributed by atoms with Crippen molar-refractivity contribution in [1.82, 2.24) is 0 Å². The predicted molar refractivity (Wildman–Crippen MR) is 143 cm³/mol. The zero-order valence-electron chi connectivity index (χ0n) is 18.1. The van der Waals surface area contributed by atoms with Gasteiger partial charge in [-0.3, -0.25) is 4.79 Å². The number of hydrogen-bond acceptors (Lipinski definition) is 6. The van der Waals surface area contributed by atoms with Crippen molar-refractivity contribution < 1.29 is 22.1 Å². The number of nitrogens with zero attached hydrogens (tertiary/aromatic N) is 1. The summed E-state index contributed by atoms with van der Waals surface area (Å²) in [6, 6.07) is 16.9. The van der Waals surface area contributed by atoms with Crippen LogP contribution in [0.4, 0.5) is 5.69 Å². The third-order valence-electron chi connectivity index (χ3n) is 4.41. The van der Waals surface area contributed by atoms with E-state index in [0.29, 0.717) is 24.9 Å². The van der Waals surface area contributed by atoms with Crippen molar-refractivity contribution in [2.45, 2.75) is 11.8 Å². The summed E-state index contributed by atoms with van der Waals surface area (Å²) in [6.45, 7) is 1.95. The summed E-state index contributed by atoms with van der Waals surface area (Å²) in [5, 5.41) is 13.1. The summed E-state index contributed by atoms with van der Waals surface area (Å²) >= 11 is 13.6. The van der Waals surface area contributed by atoms with Crippen molar-refractivity contribution in [1.29, 1.82) is 5.26 Å². The van der Waals surface area contributed by atoms with Crippen molar-refractivity contribution in [2.24, 2.45) is 0 Å². The van der Waals surface area contributed by atoms with Crippen LogP contribution < -0.4 is 14.2 Å². The lowest BCUT2D eigenvalue weighted by atomic mass is 10.1. The Balaban J connectivity index is 1.93. The molecule has 35 heavy (non-hydrogen) atoms. The average Bonchev–Trinajstić information content (AvgIpc) is 2.81. The number of benzene rings is 3. The first-order chi connectivity index (χ1) is 16.6. The fraction of sp³-hybridized carbons (Fsp3) is 0.0833. The van der Waals surface area contributed by atoms with Crippen LogP contribution >= 0.6 is 45.8 Å². The molecule has 0 aliphatic carbocycles. The Morgan fingerprint density at radius 1 is 1.09 bits per heavy atom. The van der Waals surface area contributed by atoms with E-state index in [-0.39, 0.29) is 28.6 Å². The van der Waals surface area contributed by atoms with Crippen LogP contribution in [-0.2, 0) is 14.9 Å². The van der Waals surface area contributed by atoms with Gasteiger partial charge in [-0.25, -0.2) is 0 Å². The van der Waals surface area contributed by atoms with Crippen LogP contribution in [0.3, 0.4) is 0 Å². The van der Waals surface area contributed by atoms with Crippen molar-refractivity contribution in [3.63, 3.8) is 0 Å². The standard InChI is InChI=1S/C24H17Cl2IN2O5S/c1-2-33-22-13-15(11-16(14-28)24(30)29-19-7-3-17(25)4-8-19)12-21(27)23(22)34-35(31,32)20-9-5-18(26)6-10-20/h3-13H,2H2,1H3,(H,29,30)/b16-11+. The summed E-state index contributed by atoms with van der Waals surface area (Å²) in [4.78, 5) is 12.5. The molecular weight excluding hydrogens is 626 g/mol. The van der Waals surface area contributed by atoms with E-state index in [1.54, 1.807) is 37.3 Å². The van der Waals surface area contributed by atoms with Crippen LogP contribution in [0.15, 0.2) is 71.1 Å². The molecule has 0 spiro atoms. The van der Waals surface area contributed by atoms with Crippen LogP contribution in [0.1, 0.15) is 12.5 Å². The van der Waals surface area contributed by atoms with E-state index >= 15 is 0 Å². The van der Waals surface area contributed by atoms with Gasteiger partial charge < -0.3 is 14.2 Å². The molecule has 180 valence electrons. The van der Waals surface area contributed by atoms with Gasteiger partial charge in [0, 0.05) is 15.7 Å². The zero-order valence-corrected chi connectivity index (χ0v) is 22.6. The van der Waals surface area contributed by atoms with Gasteiger partial charge in [0.25, 0.3) is 5.91 Å². The lowest BCUT2D eigenvalue weighted by molar-refractivity contribution is -0.112. The first-order valence-corrected chi connectivity index (χ1v) is 13.2. The van der Waals surface area contributed by atoms with E-state index in [1.807, 2.05) is 28.7 Å². The molecule has 0 saturated heterocycles. The number of ether oxygens (including phenoxy) is 1. The molecule has 0 radical (unpaired) electrons. The summed E-state index contributed by atoms with van der Waals surface area (Å²) in [5.74, 6) is -0.490. The number of hydrogen-bond donors (Lipinski definition) is 1. The van der Waals surface area contributed by atoms with E-state index in [2.05, 4.69) is 5.32 Å². The van der Waals surface area contributed by atoms with Crippen LogP contribution in [0.25, 0.3) is 6.08 Å². The van der Waals surface area contributed by atoms with Crippen LogP contribution in [0.5, 0.6) is 11.5 Å². The molecule has 0 saturated carbocycles. The summed E-state index contributed by atoms with van der Waals surface area (Å²) in [7, 11) is -4.17. The third kappa shape index (κ3) is 7.11. The monoisotopic (exact) mass is 642 g/mol. The van der Waals surface area contributed by atoms with E-state index in [1.165, 1.54) is 36.4 Å². The van der Waals surface area contributed by atoms with Gasteiger partial charge in [0.2, 0.25) is 0 Å². The Morgan fingerprint density at radius 3 is 2.26 bits per heavy atom. The smallest absolute Gasteiger partial charge is 0.339 e. The summed E-state index contributed by atoms with van der Waals surface area (Å²) in [6.07, 6.45) is 1.37. The molecule has 0 unspecified atom stereocenters. The maximum absolute atomic E-state index is 12.8. The topological polar surface area (TPSA) is 105 Å². The molecule has 0 aliphatic heterocycles. The molecule has 3 aromatic carbocycles. The minimum Gasteiger partial charge on any atom is -0.490 e. The highest BCUT2D eigenvalue weighted by Gasteiger charge is 2.22. The molecule has 1 N–H and O–H groups in total. The van der Waals surface area contributed by atoms with Crippen molar-refractivity contribution in [2.75, 3.05) is 11.9 Å². The average molecular weight is 643 g/mol. The highest BCUT2D eigenvalue weighted by Crippen LogP contribution is 2.37. The highest BCUT2D eigenvalue weighted by molar-refractivity contribution is 14.1. The summed E-state index contributed by atoms with van der Waals surface area (Å²) in [5.41, 5.74) is 0.749. The number of halogens is 3. The molecule has 0 aromatic heterocycles. The maximum Gasteiger partial charge on any atom is 0.339 e. The summed E-state index contributed by atoms with van der Waals surface area (Å²) < 4.78 is 36.9. The molecule has 11 heteroatoms. The Bertz CT molecular complexity index is 1420. The number of nitriles is 1. The maximum atomic E-state index is 12.8. The minimum absolute atomic E-state index is 0.0105. The fourth-order valence-electron chi connectivity index (χ4n) is 2.82. The zero-order chi connectivity index (χ0) is 25.6. The van der Waals surface area contributed by atoms with Gasteiger partial charge in [-0.15, -0.1) is 0 Å². The lowest BCUT2D eigenvalue weighted by Crippen LogP contribution is -2.13. The second kappa shape index (κ2) is 11.8. The van der Waals surface area contributed by atoms with E-state index in [9.17, 15) is 18.5 Å². The first kappa shape index (κ1) is 26.8. The van der Waals surface area contributed by atoms with Gasteiger partial charge in [-0.2, -0.15) is 13.7 Å². The van der Waals surface area contributed by atoms with Gasteiger partial charge in [0.05, 0.1) is 10.2 Å². The molecule has 0 atom stereocenters. The van der Waals surface area contributed by atoms with Crippen LogP contribution in [0.2, 0.25) is 10.0 Å².